The van der Waals surface area contributed by atoms with E-state index >= 15 is 0 Å². The Morgan fingerprint density at radius 3 is 2.61 bits per heavy atom. The molecule has 1 unspecified atom stereocenters. The normalized spacial score (nSPS) is 12.1. The second kappa shape index (κ2) is 5.86. The summed E-state index contributed by atoms with van der Waals surface area (Å²) >= 11 is 8.13. The van der Waals surface area contributed by atoms with E-state index < -0.39 is 12.0 Å². The van der Waals surface area contributed by atoms with Crippen LogP contribution in [-0.2, 0) is 4.79 Å². The van der Waals surface area contributed by atoms with Crippen molar-refractivity contribution in [2.45, 2.75) is 6.04 Å². The fraction of sp³-hybridized carbons (Fsp3) is 0.0833. The summed E-state index contributed by atoms with van der Waals surface area (Å²) in [5.74, 6) is -0.903. The van der Waals surface area contributed by atoms with Crippen molar-refractivity contribution in [1.82, 2.24) is 0 Å². The molecule has 94 valence electrons. The Morgan fingerprint density at radius 1 is 1.33 bits per heavy atom. The maximum absolute atomic E-state index is 11.3. The number of rotatable bonds is 4. The van der Waals surface area contributed by atoms with Crippen LogP contribution in [0.15, 0.2) is 44.7 Å². The second-order valence-electron chi connectivity index (χ2n) is 3.56. The van der Waals surface area contributed by atoms with E-state index in [0.717, 1.165) is 19.5 Å². The van der Waals surface area contributed by atoms with Gasteiger partial charge in [-0.1, -0.05) is 12.1 Å². The molecule has 18 heavy (non-hydrogen) atoms. The lowest BCUT2D eigenvalue weighted by Crippen LogP contribution is -2.19. The summed E-state index contributed by atoms with van der Waals surface area (Å²) in [6, 6.07) is 8.50. The highest BCUT2D eigenvalue weighted by atomic mass is 79.9. The number of nitrogens with one attached hydrogen (secondary N) is 1. The third-order valence-corrected chi connectivity index (χ3v) is 4.74. The van der Waals surface area contributed by atoms with Crippen molar-refractivity contribution in [2.75, 3.05) is 5.32 Å². The van der Waals surface area contributed by atoms with Gasteiger partial charge in [0.05, 0.1) is 0 Å². The number of anilines is 1. The van der Waals surface area contributed by atoms with Crippen LogP contribution in [0.1, 0.15) is 10.9 Å². The lowest BCUT2D eigenvalue weighted by Gasteiger charge is -2.15. The summed E-state index contributed by atoms with van der Waals surface area (Å²) in [6.07, 6.45) is 0. The zero-order valence-corrected chi connectivity index (χ0v) is 13.0. The number of para-hydroxylation sites is 1. The van der Waals surface area contributed by atoms with E-state index in [1.165, 1.54) is 11.3 Å². The Balaban J connectivity index is 2.28. The molecular weight excluding hydrogens is 382 g/mol. The van der Waals surface area contributed by atoms with E-state index in [1.54, 1.807) is 0 Å². The topological polar surface area (TPSA) is 49.3 Å². The zero-order valence-electron chi connectivity index (χ0n) is 9.06. The quantitative estimate of drug-likeness (QED) is 0.807. The van der Waals surface area contributed by atoms with Gasteiger partial charge in [-0.05, 0) is 50.1 Å². The Bertz CT molecular complexity index is 571. The van der Waals surface area contributed by atoms with E-state index in [9.17, 15) is 9.90 Å². The predicted octanol–water partition coefficient (Wildman–Crippen LogP) is 4.51. The van der Waals surface area contributed by atoms with E-state index in [-0.39, 0.29) is 0 Å². The minimum atomic E-state index is -0.903. The molecule has 0 aliphatic rings. The van der Waals surface area contributed by atoms with Crippen molar-refractivity contribution in [3.63, 3.8) is 0 Å². The SMILES string of the molecule is O=C(O)C(Nc1ccccc1Br)c1cc(Br)cs1. The van der Waals surface area contributed by atoms with E-state index in [4.69, 9.17) is 0 Å². The molecule has 1 aromatic carbocycles. The monoisotopic (exact) mass is 389 g/mol. The number of aliphatic carboxylic acids is 1. The fourth-order valence-corrected chi connectivity index (χ4v) is 3.35. The number of carbonyl (C=O) groups is 1. The summed E-state index contributed by atoms with van der Waals surface area (Å²) in [5.41, 5.74) is 0.759. The zero-order chi connectivity index (χ0) is 13.1. The van der Waals surface area contributed by atoms with E-state index in [1.807, 2.05) is 35.7 Å². The first kappa shape index (κ1) is 13.6. The molecule has 0 saturated carbocycles. The van der Waals surface area contributed by atoms with Crippen LogP contribution >= 0.6 is 43.2 Å². The molecule has 0 amide bonds. The maximum atomic E-state index is 11.3. The third-order valence-electron chi connectivity index (χ3n) is 2.29. The molecule has 0 aliphatic carbocycles. The summed E-state index contributed by atoms with van der Waals surface area (Å²) in [6.45, 7) is 0. The highest BCUT2D eigenvalue weighted by molar-refractivity contribution is 9.10. The van der Waals surface area contributed by atoms with Gasteiger partial charge in [0.25, 0.3) is 0 Å². The number of thiophene rings is 1. The molecule has 0 saturated heterocycles. The van der Waals surface area contributed by atoms with Gasteiger partial charge in [0.1, 0.15) is 0 Å². The minimum Gasteiger partial charge on any atom is -0.479 e. The van der Waals surface area contributed by atoms with Crippen LogP contribution in [0.5, 0.6) is 0 Å². The van der Waals surface area contributed by atoms with Crippen molar-refractivity contribution in [2.24, 2.45) is 0 Å². The first-order chi connectivity index (χ1) is 8.58. The van der Waals surface area contributed by atoms with Crippen molar-refractivity contribution in [1.29, 1.82) is 0 Å². The molecule has 0 aliphatic heterocycles. The summed E-state index contributed by atoms with van der Waals surface area (Å²) in [5, 5.41) is 14.2. The predicted molar refractivity (Wildman–Crippen MR) is 80.2 cm³/mol. The molecule has 2 N–H and O–H groups in total. The van der Waals surface area contributed by atoms with Crippen LogP contribution in [0.2, 0.25) is 0 Å². The molecule has 1 aromatic heterocycles. The Morgan fingerprint density at radius 2 is 2.06 bits per heavy atom. The number of carboxylic acid groups (broad SMARTS) is 1. The average Bonchev–Trinajstić information content (AvgIpc) is 2.74. The number of halogens is 2. The number of hydrogen-bond donors (Lipinski definition) is 2. The molecule has 0 radical (unpaired) electrons. The van der Waals surface area contributed by atoms with Crippen LogP contribution in [-0.4, -0.2) is 11.1 Å². The minimum absolute atomic E-state index is 0.750. The maximum Gasteiger partial charge on any atom is 0.331 e. The van der Waals surface area contributed by atoms with Crippen molar-refractivity contribution in [3.05, 3.63) is 49.5 Å². The molecule has 1 heterocycles. The van der Waals surface area contributed by atoms with Gasteiger partial charge in [0.15, 0.2) is 6.04 Å². The number of carboxylic acids is 1. The van der Waals surface area contributed by atoms with Gasteiger partial charge in [0, 0.05) is 24.9 Å². The van der Waals surface area contributed by atoms with Gasteiger partial charge in [-0.2, -0.15) is 0 Å². The molecule has 0 fully saturated rings. The van der Waals surface area contributed by atoms with Crippen LogP contribution in [0.3, 0.4) is 0 Å². The van der Waals surface area contributed by atoms with Gasteiger partial charge < -0.3 is 10.4 Å². The molecule has 0 bridgehead atoms. The van der Waals surface area contributed by atoms with Gasteiger partial charge >= 0.3 is 5.97 Å². The van der Waals surface area contributed by atoms with Gasteiger partial charge in [-0.3, -0.25) is 0 Å². The Labute approximate surface area is 125 Å². The van der Waals surface area contributed by atoms with Crippen LogP contribution in [0.4, 0.5) is 5.69 Å². The number of hydrogen-bond acceptors (Lipinski definition) is 3. The molecule has 2 rings (SSSR count). The first-order valence-corrected chi connectivity index (χ1v) is 7.52. The molecule has 6 heteroatoms. The van der Waals surface area contributed by atoms with Gasteiger partial charge in [0.2, 0.25) is 0 Å². The largest absolute Gasteiger partial charge is 0.479 e. The second-order valence-corrected chi connectivity index (χ2v) is 6.28. The molecule has 0 spiro atoms. The number of benzene rings is 1. The highest BCUT2D eigenvalue weighted by Gasteiger charge is 2.22. The molecule has 2 aromatic rings. The van der Waals surface area contributed by atoms with Crippen molar-refractivity contribution >= 4 is 54.9 Å². The third kappa shape index (κ3) is 3.13. The van der Waals surface area contributed by atoms with Crippen LogP contribution in [0.25, 0.3) is 0 Å². The Kier molecular flexibility index (Phi) is 4.42. The summed E-state index contributed by atoms with van der Waals surface area (Å²) in [4.78, 5) is 12.1. The Hall–Kier alpha value is -0.850. The van der Waals surface area contributed by atoms with E-state index in [0.29, 0.717) is 0 Å². The smallest absolute Gasteiger partial charge is 0.331 e. The van der Waals surface area contributed by atoms with Gasteiger partial charge in [-0.25, -0.2) is 4.79 Å². The van der Waals surface area contributed by atoms with E-state index in [2.05, 4.69) is 37.2 Å². The summed E-state index contributed by atoms with van der Waals surface area (Å²) in [7, 11) is 0. The average molecular weight is 391 g/mol. The standard InChI is InChI=1S/C12H9Br2NO2S/c13-7-5-10(18-6-7)11(12(16)17)15-9-4-2-1-3-8(9)14/h1-6,11,15H,(H,16,17). The fourth-order valence-electron chi connectivity index (χ4n) is 1.47. The molecule has 1 atom stereocenters. The van der Waals surface area contributed by atoms with Crippen LogP contribution < -0.4 is 5.32 Å². The molecular formula is C12H9Br2NO2S. The van der Waals surface area contributed by atoms with Crippen LogP contribution in [0, 0.1) is 0 Å². The summed E-state index contributed by atoms with van der Waals surface area (Å²) < 4.78 is 1.73. The first-order valence-electron chi connectivity index (χ1n) is 5.05. The van der Waals surface area contributed by atoms with Crippen molar-refractivity contribution < 1.29 is 9.90 Å². The van der Waals surface area contributed by atoms with Gasteiger partial charge in [-0.15, -0.1) is 11.3 Å². The van der Waals surface area contributed by atoms with Crippen molar-refractivity contribution in [3.8, 4) is 0 Å². The lowest BCUT2D eigenvalue weighted by molar-refractivity contribution is -0.138. The highest BCUT2D eigenvalue weighted by Crippen LogP contribution is 2.31. The lowest BCUT2D eigenvalue weighted by atomic mass is 10.2. The molecule has 3 nitrogen and oxygen atoms in total.